The van der Waals surface area contributed by atoms with Crippen molar-refractivity contribution in [2.24, 2.45) is 0 Å². The minimum absolute atomic E-state index is 0.0139. The fourth-order valence-corrected chi connectivity index (χ4v) is 2.37. The third-order valence-corrected chi connectivity index (χ3v) is 3.62. The average Bonchev–Trinajstić information content (AvgIpc) is 2.96. The fraction of sp³-hybridized carbons (Fsp3) is 0.467. The Labute approximate surface area is 128 Å². The Morgan fingerprint density at radius 2 is 2.05 bits per heavy atom. The number of benzene rings is 1. The van der Waals surface area contributed by atoms with Gasteiger partial charge in [-0.05, 0) is 17.7 Å². The van der Waals surface area contributed by atoms with Crippen molar-refractivity contribution in [3.8, 4) is 11.5 Å². The minimum atomic E-state index is -1.33. The number of amides is 1. The van der Waals surface area contributed by atoms with Crippen molar-refractivity contribution in [1.29, 1.82) is 0 Å². The van der Waals surface area contributed by atoms with Gasteiger partial charge in [-0.2, -0.15) is 0 Å². The molecule has 7 heteroatoms. The number of carboxylic acids is 1. The van der Waals surface area contributed by atoms with E-state index in [2.05, 4.69) is 5.32 Å². The van der Waals surface area contributed by atoms with Gasteiger partial charge in [0, 0.05) is 13.0 Å². The van der Waals surface area contributed by atoms with Crippen molar-refractivity contribution < 1.29 is 28.9 Å². The standard InChI is InChI=1S/C15H19NO6/c1-20-11-4-3-10(7-12(11)21-2)8-13(17)16-15(14(18)19)5-6-22-9-15/h3-4,7H,5-6,8-9H2,1-2H3,(H,16,17)(H,18,19). The Bertz CT molecular complexity index is 565. The van der Waals surface area contributed by atoms with E-state index in [1.807, 2.05) is 0 Å². The van der Waals surface area contributed by atoms with E-state index in [1.165, 1.54) is 14.2 Å². The molecule has 1 atom stereocenters. The van der Waals surface area contributed by atoms with Gasteiger partial charge in [0.25, 0.3) is 0 Å². The van der Waals surface area contributed by atoms with Crippen molar-refractivity contribution >= 4 is 11.9 Å². The molecule has 1 saturated heterocycles. The van der Waals surface area contributed by atoms with Crippen LogP contribution in [0.2, 0.25) is 0 Å². The van der Waals surface area contributed by atoms with Gasteiger partial charge in [-0.25, -0.2) is 4.79 Å². The molecule has 2 N–H and O–H groups in total. The molecule has 7 nitrogen and oxygen atoms in total. The number of rotatable bonds is 6. The number of carbonyl (C=O) groups is 2. The lowest BCUT2D eigenvalue weighted by Gasteiger charge is -2.23. The van der Waals surface area contributed by atoms with Gasteiger partial charge in [-0.15, -0.1) is 0 Å². The van der Waals surface area contributed by atoms with Crippen LogP contribution in [0, 0.1) is 0 Å². The van der Waals surface area contributed by atoms with Crippen molar-refractivity contribution in [3.05, 3.63) is 23.8 Å². The van der Waals surface area contributed by atoms with Crippen LogP contribution < -0.4 is 14.8 Å². The number of hydrogen-bond donors (Lipinski definition) is 2. The van der Waals surface area contributed by atoms with Crippen LogP contribution in [-0.4, -0.2) is 50.0 Å². The van der Waals surface area contributed by atoms with Gasteiger partial charge in [-0.3, -0.25) is 4.79 Å². The first kappa shape index (κ1) is 16.1. The Kier molecular flexibility index (Phi) is 4.87. The molecule has 1 aliphatic rings. The zero-order valence-electron chi connectivity index (χ0n) is 12.5. The maximum atomic E-state index is 12.1. The van der Waals surface area contributed by atoms with E-state index in [0.717, 1.165) is 0 Å². The van der Waals surface area contributed by atoms with Gasteiger partial charge in [0.2, 0.25) is 5.91 Å². The molecule has 120 valence electrons. The number of carboxylic acid groups (broad SMARTS) is 1. The van der Waals surface area contributed by atoms with E-state index in [1.54, 1.807) is 18.2 Å². The Morgan fingerprint density at radius 3 is 2.59 bits per heavy atom. The molecule has 22 heavy (non-hydrogen) atoms. The fourth-order valence-electron chi connectivity index (χ4n) is 2.37. The van der Waals surface area contributed by atoms with E-state index < -0.39 is 11.5 Å². The first-order valence-corrected chi connectivity index (χ1v) is 6.84. The highest BCUT2D eigenvalue weighted by Gasteiger charge is 2.43. The number of nitrogens with one attached hydrogen (secondary N) is 1. The molecule has 0 aromatic heterocycles. The van der Waals surface area contributed by atoms with E-state index in [-0.39, 0.29) is 25.4 Å². The molecular formula is C15H19NO6. The van der Waals surface area contributed by atoms with E-state index in [9.17, 15) is 14.7 Å². The van der Waals surface area contributed by atoms with Gasteiger partial charge < -0.3 is 24.6 Å². The Morgan fingerprint density at radius 1 is 1.32 bits per heavy atom. The van der Waals surface area contributed by atoms with Gasteiger partial charge >= 0.3 is 5.97 Å². The summed E-state index contributed by atoms with van der Waals surface area (Å²) < 4.78 is 15.4. The summed E-state index contributed by atoms with van der Waals surface area (Å²) >= 11 is 0. The van der Waals surface area contributed by atoms with Crippen molar-refractivity contribution in [2.45, 2.75) is 18.4 Å². The van der Waals surface area contributed by atoms with Crippen LogP contribution in [0.3, 0.4) is 0 Å². The van der Waals surface area contributed by atoms with Gasteiger partial charge in [0.05, 0.1) is 27.2 Å². The highest BCUT2D eigenvalue weighted by molar-refractivity contribution is 5.88. The predicted octanol–water partition coefficient (Wildman–Crippen LogP) is 0.606. The van der Waals surface area contributed by atoms with Crippen LogP contribution in [0.1, 0.15) is 12.0 Å². The van der Waals surface area contributed by atoms with Gasteiger partial charge in [-0.1, -0.05) is 6.07 Å². The molecule has 1 amide bonds. The van der Waals surface area contributed by atoms with Crippen LogP contribution in [0.25, 0.3) is 0 Å². The zero-order chi connectivity index (χ0) is 16.2. The molecule has 1 aliphatic heterocycles. The average molecular weight is 309 g/mol. The van der Waals surface area contributed by atoms with Crippen LogP contribution in [-0.2, 0) is 20.7 Å². The molecule has 0 radical (unpaired) electrons. The monoisotopic (exact) mass is 309 g/mol. The molecule has 1 unspecified atom stereocenters. The van der Waals surface area contributed by atoms with E-state index >= 15 is 0 Å². The molecule has 0 bridgehead atoms. The lowest BCUT2D eigenvalue weighted by Crippen LogP contribution is -2.55. The molecule has 0 spiro atoms. The molecule has 0 saturated carbocycles. The molecule has 1 heterocycles. The summed E-state index contributed by atoms with van der Waals surface area (Å²) in [7, 11) is 3.04. The third-order valence-electron chi connectivity index (χ3n) is 3.62. The smallest absolute Gasteiger partial charge is 0.331 e. The predicted molar refractivity (Wildman–Crippen MR) is 77.2 cm³/mol. The molecule has 2 rings (SSSR count). The lowest BCUT2D eigenvalue weighted by atomic mass is 9.98. The summed E-state index contributed by atoms with van der Waals surface area (Å²) in [4.78, 5) is 23.5. The lowest BCUT2D eigenvalue weighted by molar-refractivity contribution is -0.147. The number of ether oxygens (including phenoxy) is 3. The second kappa shape index (κ2) is 6.65. The number of carbonyl (C=O) groups excluding carboxylic acids is 1. The topological polar surface area (TPSA) is 94.1 Å². The highest BCUT2D eigenvalue weighted by atomic mass is 16.5. The molecule has 0 aliphatic carbocycles. The number of aliphatic carboxylic acids is 1. The summed E-state index contributed by atoms with van der Waals surface area (Å²) in [5.74, 6) is -0.367. The van der Waals surface area contributed by atoms with Crippen molar-refractivity contribution in [3.63, 3.8) is 0 Å². The van der Waals surface area contributed by atoms with E-state index in [4.69, 9.17) is 14.2 Å². The maximum absolute atomic E-state index is 12.1. The third kappa shape index (κ3) is 3.30. The molecule has 1 aromatic rings. The van der Waals surface area contributed by atoms with Gasteiger partial charge in [0.15, 0.2) is 17.0 Å². The SMILES string of the molecule is COc1ccc(CC(=O)NC2(C(=O)O)CCOC2)cc1OC. The maximum Gasteiger partial charge on any atom is 0.331 e. The molecule has 1 aromatic carbocycles. The molecule has 1 fully saturated rings. The van der Waals surface area contributed by atoms with E-state index in [0.29, 0.717) is 23.7 Å². The quantitative estimate of drug-likeness (QED) is 0.799. The molecular weight excluding hydrogens is 290 g/mol. The normalized spacial score (nSPS) is 20.5. The largest absolute Gasteiger partial charge is 0.493 e. The number of methoxy groups -OCH3 is 2. The highest BCUT2D eigenvalue weighted by Crippen LogP contribution is 2.28. The summed E-state index contributed by atoms with van der Waals surface area (Å²) in [6.45, 7) is 0.308. The Balaban J connectivity index is 2.07. The zero-order valence-corrected chi connectivity index (χ0v) is 12.5. The second-order valence-corrected chi connectivity index (χ2v) is 5.10. The summed E-state index contributed by atoms with van der Waals surface area (Å²) in [5.41, 5.74) is -0.622. The minimum Gasteiger partial charge on any atom is -0.493 e. The van der Waals surface area contributed by atoms with Gasteiger partial charge in [0.1, 0.15) is 0 Å². The van der Waals surface area contributed by atoms with Crippen molar-refractivity contribution in [2.75, 3.05) is 27.4 Å². The van der Waals surface area contributed by atoms with Crippen molar-refractivity contribution in [1.82, 2.24) is 5.32 Å². The van der Waals surface area contributed by atoms with Crippen LogP contribution in [0.4, 0.5) is 0 Å². The van der Waals surface area contributed by atoms with Crippen LogP contribution in [0.15, 0.2) is 18.2 Å². The summed E-state index contributed by atoms with van der Waals surface area (Å²) in [5, 5.41) is 11.9. The Hall–Kier alpha value is -2.28. The second-order valence-electron chi connectivity index (χ2n) is 5.10. The first-order chi connectivity index (χ1) is 10.5. The summed E-state index contributed by atoms with van der Waals surface area (Å²) in [6.07, 6.45) is 0.315. The first-order valence-electron chi connectivity index (χ1n) is 6.84. The van der Waals surface area contributed by atoms with Crippen LogP contribution >= 0.6 is 0 Å². The van der Waals surface area contributed by atoms with Crippen LogP contribution in [0.5, 0.6) is 11.5 Å². The number of hydrogen-bond acceptors (Lipinski definition) is 5. The summed E-state index contributed by atoms with van der Waals surface area (Å²) in [6, 6.07) is 5.13.